The minimum atomic E-state index is 0.0616. The summed E-state index contributed by atoms with van der Waals surface area (Å²) in [5, 5.41) is 0.751. The van der Waals surface area contributed by atoms with Crippen molar-refractivity contribution in [3.8, 4) is 0 Å². The van der Waals surface area contributed by atoms with E-state index in [0.717, 1.165) is 17.4 Å². The van der Waals surface area contributed by atoms with E-state index in [1.54, 1.807) is 12.3 Å². The quantitative estimate of drug-likeness (QED) is 0.799. The zero-order chi connectivity index (χ0) is 10.8. The Bertz CT molecular complexity index is 528. The summed E-state index contributed by atoms with van der Waals surface area (Å²) in [4.78, 5) is 11.6. The summed E-state index contributed by atoms with van der Waals surface area (Å²) in [6, 6.07) is 9.26. The zero-order valence-electron chi connectivity index (χ0n) is 8.68. The molecule has 0 saturated carbocycles. The number of para-hydroxylation sites is 1. The third-order valence-corrected chi connectivity index (χ3v) is 2.37. The Morgan fingerprint density at radius 2 is 2.07 bits per heavy atom. The summed E-state index contributed by atoms with van der Waals surface area (Å²) in [6.45, 7) is 2.67. The fourth-order valence-corrected chi connectivity index (χ4v) is 1.73. The highest BCUT2D eigenvalue weighted by molar-refractivity contribution is 5.78. The third-order valence-electron chi connectivity index (χ3n) is 2.37. The molecule has 78 valence electrons. The van der Waals surface area contributed by atoms with Crippen molar-refractivity contribution in [2.75, 3.05) is 0 Å². The minimum absolute atomic E-state index is 0.0616. The molecule has 3 nitrogen and oxygen atoms in total. The molecule has 0 bridgehead atoms. The molecule has 0 aliphatic heterocycles. The first-order valence-electron chi connectivity index (χ1n) is 5.02. The van der Waals surface area contributed by atoms with Crippen LogP contribution >= 0.6 is 0 Å². The molecule has 2 N–H and O–H groups in total. The van der Waals surface area contributed by atoms with Gasteiger partial charge >= 0.3 is 0 Å². The minimum Gasteiger partial charge on any atom is -0.346 e. The Kier molecular flexibility index (Phi) is 2.56. The Morgan fingerprint density at radius 3 is 2.80 bits per heavy atom. The number of hydrogen-bond donors (Lipinski definition) is 1. The van der Waals surface area contributed by atoms with Crippen LogP contribution in [0.2, 0.25) is 0 Å². The van der Waals surface area contributed by atoms with Crippen LogP contribution in [0.5, 0.6) is 0 Å². The lowest BCUT2D eigenvalue weighted by atomic mass is 10.2. The summed E-state index contributed by atoms with van der Waals surface area (Å²) < 4.78 is 2.02. The van der Waals surface area contributed by atoms with E-state index in [9.17, 15) is 4.79 Å². The van der Waals surface area contributed by atoms with E-state index < -0.39 is 0 Å². The standard InChI is InChI=1S/C12H14N2O/c1-9(13)8-14-7-6-12(15)10-4-2-3-5-11(10)14/h2-7,9H,8,13H2,1H3/t9-/m1/s1. The van der Waals surface area contributed by atoms with E-state index in [0.29, 0.717) is 0 Å². The van der Waals surface area contributed by atoms with Gasteiger partial charge in [0, 0.05) is 30.2 Å². The third kappa shape index (κ3) is 1.92. The molecule has 0 amide bonds. The van der Waals surface area contributed by atoms with Crippen LogP contribution in [0.1, 0.15) is 6.92 Å². The van der Waals surface area contributed by atoms with Crippen LogP contribution in [0.3, 0.4) is 0 Å². The smallest absolute Gasteiger partial charge is 0.189 e. The lowest BCUT2D eigenvalue weighted by molar-refractivity contribution is 0.602. The van der Waals surface area contributed by atoms with Crippen LogP contribution in [-0.2, 0) is 6.54 Å². The molecule has 1 aromatic carbocycles. The second-order valence-electron chi connectivity index (χ2n) is 3.83. The maximum absolute atomic E-state index is 11.6. The molecule has 0 aliphatic rings. The van der Waals surface area contributed by atoms with E-state index >= 15 is 0 Å². The topological polar surface area (TPSA) is 48.0 Å². The Hall–Kier alpha value is -1.61. The number of hydrogen-bond acceptors (Lipinski definition) is 2. The van der Waals surface area contributed by atoms with Crippen molar-refractivity contribution >= 4 is 10.9 Å². The fraction of sp³-hybridized carbons (Fsp3) is 0.250. The summed E-state index contributed by atoms with van der Waals surface area (Å²) in [5.41, 5.74) is 6.76. The van der Waals surface area contributed by atoms with Gasteiger partial charge in [-0.1, -0.05) is 12.1 Å². The van der Waals surface area contributed by atoms with Gasteiger partial charge in [0.25, 0.3) is 0 Å². The highest BCUT2D eigenvalue weighted by Gasteiger charge is 2.02. The van der Waals surface area contributed by atoms with E-state index in [4.69, 9.17) is 5.73 Å². The van der Waals surface area contributed by atoms with Gasteiger partial charge < -0.3 is 10.3 Å². The predicted molar refractivity (Wildman–Crippen MR) is 61.9 cm³/mol. The van der Waals surface area contributed by atoms with Gasteiger partial charge in [-0.2, -0.15) is 0 Å². The number of rotatable bonds is 2. The molecule has 3 heteroatoms. The largest absolute Gasteiger partial charge is 0.346 e. The van der Waals surface area contributed by atoms with Crippen LogP contribution in [0, 0.1) is 0 Å². The van der Waals surface area contributed by atoms with E-state index in [-0.39, 0.29) is 11.5 Å². The van der Waals surface area contributed by atoms with Crippen LogP contribution in [0.4, 0.5) is 0 Å². The number of nitrogens with zero attached hydrogens (tertiary/aromatic N) is 1. The average Bonchev–Trinajstić information content (AvgIpc) is 2.22. The molecule has 1 atom stereocenters. The normalized spacial score (nSPS) is 12.9. The van der Waals surface area contributed by atoms with Gasteiger partial charge in [0.2, 0.25) is 0 Å². The highest BCUT2D eigenvalue weighted by Crippen LogP contribution is 2.09. The van der Waals surface area contributed by atoms with Crippen molar-refractivity contribution < 1.29 is 0 Å². The van der Waals surface area contributed by atoms with Gasteiger partial charge in [-0.25, -0.2) is 0 Å². The second kappa shape index (κ2) is 3.87. The lowest BCUT2D eigenvalue weighted by Crippen LogP contribution is -2.23. The maximum Gasteiger partial charge on any atom is 0.189 e. The molecule has 1 aromatic heterocycles. The van der Waals surface area contributed by atoms with Gasteiger partial charge in [-0.3, -0.25) is 4.79 Å². The van der Waals surface area contributed by atoms with Crippen molar-refractivity contribution in [2.45, 2.75) is 19.5 Å². The number of nitrogens with two attached hydrogens (primary N) is 1. The van der Waals surface area contributed by atoms with E-state index in [1.165, 1.54) is 0 Å². The van der Waals surface area contributed by atoms with Gasteiger partial charge in [0.1, 0.15) is 0 Å². The monoisotopic (exact) mass is 202 g/mol. The predicted octanol–water partition coefficient (Wildman–Crippen LogP) is 1.35. The molecule has 15 heavy (non-hydrogen) atoms. The van der Waals surface area contributed by atoms with Crippen LogP contribution < -0.4 is 11.2 Å². The lowest BCUT2D eigenvalue weighted by Gasteiger charge is -2.12. The molecule has 1 heterocycles. The summed E-state index contributed by atoms with van der Waals surface area (Å²) in [6.07, 6.45) is 1.80. The fourth-order valence-electron chi connectivity index (χ4n) is 1.73. The van der Waals surface area contributed by atoms with E-state index in [2.05, 4.69) is 0 Å². The van der Waals surface area contributed by atoms with Crippen molar-refractivity contribution in [2.24, 2.45) is 5.73 Å². The van der Waals surface area contributed by atoms with Crippen molar-refractivity contribution in [1.82, 2.24) is 4.57 Å². The number of fused-ring (bicyclic) bond motifs is 1. The van der Waals surface area contributed by atoms with Gasteiger partial charge in [0.15, 0.2) is 5.43 Å². The van der Waals surface area contributed by atoms with Crippen LogP contribution in [-0.4, -0.2) is 10.6 Å². The molecule has 0 fully saturated rings. The van der Waals surface area contributed by atoms with E-state index in [1.807, 2.05) is 35.8 Å². The van der Waals surface area contributed by atoms with Gasteiger partial charge in [-0.05, 0) is 19.1 Å². The van der Waals surface area contributed by atoms with Crippen LogP contribution in [0.15, 0.2) is 41.3 Å². The summed E-state index contributed by atoms with van der Waals surface area (Å²) in [5.74, 6) is 0. The summed E-state index contributed by atoms with van der Waals surface area (Å²) >= 11 is 0. The van der Waals surface area contributed by atoms with Crippen molar-refractivity contribution in [3.05, 3.63) is 46.8 Å². The van der Waals surface area contributed by atoms with Crippen molar-refractivity contribution in [1.29, 1.82) is 0 Å². The van der Waals surface area contributed by atoms with Gasteiger partial charge in [0.05, 0.1) is 5.52 Å². The molecule has 0 unspecified atom stereocenters. The molecule has 0 saturated heterocycles. The Labute approximate surface area is 88.1 Å². The molecular weight excluding hydrogens is 188 g/mol. The number of benzene rings is 1. The second-order valence-corrected chi connectivity index (χ2v) is 3.83. The first-order valence-corrected chi connectivity index (χ1v) is 5.02. The molecule has 0 spiro atoms. The average molecular weight is 202 g/mol. The molecule has 2 aromatic rings. The first-order chi connectivity index (χ1) is 7.18. The summed E-state index contributed by atoms with van der Waals surface area (Å²) in [7, 11) is 0. The zero-order valence-corrected chi connectivity index (χ0v) is 8.68. The number of aromatic nitrogens is 1. The maximum atomic E-state index is 11.6. The molecular formula is C12H14N2O. The van der Waals surface area contributed by atoms with Crippen LogP contribution in [0.25, 0.3) is 10.9 Å². The SMILES string of the molecule is C[C@@H](N)Cn1ccc(=O)c2ccccc21. The first kappa shape index (κ1) is 9.93. The molecule has 2 rings (SSSR count). The van der Waals surface area contributed by atoms with Gasteiger partial charge in [-0.15, -0.1) is 0 Å². The van der Waals surface area contributed by atoms with Crippen molar-refractivity contribution in [3.63, 3.8) is 0 Å². The highest BCUT2D eigenvalue weighted by atomic mass is 16.1. The molecule has 0 aliphatic carbocycles. The molecule has 0 radical (unpaired) electrons. The Morgan fingerprint density at radius 1 is 1.33 bits per heavy atom. The number of pyridine rings is 1. The Balaban J connectivity index is 2.66.